The van der Waals surface area contributed by atoms with E-state index in [2.05, 4.69) is 12.0 Å². The zero-order valence-corrected chi connectivity index (χ0v) is 11.0. The first-order chi connectivity index (χ1) is 8.74. The van der Waals surface area contributed by atoms with Crippen molar-refractivity contribution in [2.45, 2.75) is 64.2 Å². The summed E-state index contributed by atoms with van der Waals surface area (Å²) in [7, 11) is 0. The summed E-state index contributed by atoms with van der Waals surface area (Å²) < 4.78 is 7.96. The Morgan fingerprint density at radius 3 is 2.94 bits per heavy atom. The summed E-state index contributed by atoms with van der Waals surface area (Å²) in [6.45, 7) is 3.07. The van der Waals surface area contributed by atoms with Gasteiger partial charge in [-0.1, -0.05) is 19.8 Å². The molecule has 1 aromatic heterocycles. The van der Waals surface area contributed by atoms with Crippen LogP contribution in [0.1, 0.15) is 45.4 Å². The number of nitrogens with zero attached hydrogens (tertiary/aromatic N) is 2. The van der Waals surface area contributed by atoms with Crippen molar-refractivity contribution < 1.29 is 9.84 Å². The lowest BCUT2D eigenvalue weighted by Gasteiger charge is -2.50. The minimum atomic E-state index is -0.157. The molecule has 100 valence electrons. The lowest BCUT2D eigenvalue weighted by Crippen LogP contribution is -2.58. The van der Waals surface area contributed by atoms with Gasteiger partial charge >= 0.3 is 0 Å². The molecular weight excluding hydrogens is 228 g/mol. The third-order valence-corrected chi connectivity index (χ3v) is 4.62. The van der Waals surface area contributed by atoms with Crippen LogP contribution >= 0.6 is 0 Å². The third kappa shape index (κ3) is 1.83. The number of aryl methyl sites for hydroxylation is 1. The maximum Gasteiger partial charge on any atom is 0.157 e. The highest BCUT2D eigenvalue weighted by atomic mass is 16.5. The lowest BCUT2D eigenvalue weighted by molar-refractivity contribution is -0.152. The van der Waals surface area contributed by atoms with Gasteiger partial charge in [-0.3, -0.25) is 4.68 Å². The van der Waals surface area contributed by atoms with Crippen LogP contribution in [0.3, 0.4) is 0 Å². The van der Waals surface area contributed by atoms with E-state index in [0.717, 1.165) is 38.0 Å². The van der Waals surface area contributed by atoms with Crippen molar-refractivity contribution in [3.63, 3.8) is 0 Å². The van der Waals surface area contributed by atoms with Crippen molar-refractivity contribution in [1.29, 1.82) is 0 Å². The predicted molar refractivity (Wildman–Crippen MR) is 68.5 cm³/mol. The van der Waals surface area contributed by atoms with Crippen molar-refractivity contribution in [3.05, 3.63) is 12.4 Å². The standard InChI is InChI=1S/C14H22N2O2/c1-2-7-16-10-11(9-15-16)18-13-8-12(17)14(13)5-3-4-6-14/h9-10,12-13,17H,2-8H2,1H3. The molecule has 0 aromatic carbocycles. The molecule has 2 unspecified atom stereocenters. The molecule has 0 saturated heterocycles. The maximum atomic E-state index is 10.0. The molecule has 1 spiro atoms. The van der Waals surface area contributed by atoms with Crippen LogP contribution in [0.25, 0.3) is 0 Å². The molecule has 3 rings (SSSR count). The summed E-state index contributed by atoms with van der Waals surface area (Å²) in [6, 6.07) is 0. The molecule has 4 nitrogen and oxygen atoms in total. The summed E-state index contributed by atoms with van der Waals surface area (Å²) in [6.07, 6.45) is 10.3. The largest absolute Gasteiger partial charge is 0.486 e. The Balaban J connectivity index is 1.65. The van der Waals surface area contributed by atoms with Crippen LogP contribution in [-0.2, 0) is 6.54 Å². The average Bonchev–Trinajstić information content (AvgIpc) is 2.99. The van der Waals surface area contributed by atoms with Gasteiger partial charge in [0, 0.05) is 18.4 Å². The van der Waals surface area contributed by atoms with E-state index in [9.17, 15) is 5.11 Å². The fourth-order valence-electron chi connectivity index (χ4n) is 3.50. The minimum absolute atomic E-state index is 0.0485. The fraction of sp³-hybridized carbons (Fsp3) is 0.786. The van der Waals surface area contributed by atoms with Crippen LogP contribution in [0, 0.1) is 5.41 Å². The van der Waals surface area contributed by atoms with Crippen LogP contribution < -0.4 is 4.74 Å². The number of rotatable bonds is 4. The molecule has 2 fully saturated rings. The zero-order valence-electron chi connectivity index (χ0n) is 11.0. The quantitative estimate of drug-likeness (QED) is 0.892. The third-order valence-electron chi connectivity index (χ3n) is 4.62. The van der Waals surface area contributed by atoms with Crippen LogP contribution in [0.5, 0.6) is 5.75 Å². The van der Waals surface area contributed by atoms with Crippen molar-refractivity contribution in [1.82, 2.24) is 9.78 Å². The maximum absolute atomic E-state index is 10.0. The number of aliphatic hydroxyl groups excluding tert-OH is 1. The van der Waals surface area contributed by atoms with Crippen molar-refractivity contribution >= 4 is 0 Å². The highest BCUT2D eigenvalue weighted by Gasteiger charge is 2.57. The van der Waals surface area contributed by atoms with Gasteiger partial charge in [0.2, 0.25) is 0 Å². The van der Waals surface area contributed by atoms with Crippen LogP contribution in [0.2, 0.25) is 0 Å². The van der Waals surface area contributed by atoms with Crippen molar-refractivity contribution in [3.8, 4) is 5.75 Å². The molecule has 0 aliphatic heterocycles. The van der Waals surface area contributed by atoms with E-state index in [1.165, 1.54) is 12.8 Å². The molecule has 1 aromatic rings. The number of hydrogen-bond acceptors (Lipinski definition) is 3. The Morgan fingerprint density at radius 2 is 2.28 bits per heavy atom. The summed E-state index contributed by atoms with van der Waals surface area (Å²) in [5, 5.41) is 14.3. The van der Waals surface area contributed by atoms with Gasteiger partial charge in [0.25, 0.3) is 0 Å². The highest BCUT2D eigenvalue weighted by Crippen LogP contribution is 2.54. The van der Waals surface area contributed by atoms with E-state index in [1.807, 2.05) is 10.9 Å². The average molecular weight is 250 g/mol. The van der Waals surface area contributed by atoms with Gasteiger partial charge in [-0.05, 0) is 19.3 Å². The first-order valence-corrected chi connectivity index (χ1v) is 7.12. The van der Waals surface area contributed by atoms with Crippen LogP contribution in [0.15, 0.2) is 12.4 Å². The number of hydrogen-bond donors (Lipinski definition) is 1. The summed E-state index contributed by atoms with van der Waals surface area (Å²) in [5.41, 5.74) is 0.0485. The predicted octanol–water partition coefficient (Wildman–Crippen LogP) is 2.37. The van der Waals surface area contributed by atoms with Gasteiger partial charge in [-0.15, -0.1) is 0 Å². The van der Waals surface area contributed by atoms with E-state index >= 15 is 0 Å². The molecule has 1 heterocycles. The minimum Gasteiger partial charge on any atom is -0.486 e. The molecule has 0 bridgehead atoms. The SMILES string of the molecule is CCCn1cc(OC2CC(O)C23CCCC3)cn1. The van der Waals surface area contributed by atoms with Crippen molar-refractivity contribution in [2.24, 2.45) is 5.41 Å². The Bertz CT molecular complexity index is 410. The first-order valence-electron chi connectivity index (χ1n) is 7.12. The monoisotopic (exact) mass is 250 g/mol. The molecule has 2 atom stereocenters. The Morgan fingerprint density at radius 1 is 1.50 bits per heavy atom. The topological polar surface area (TPSA) is 47.3 Å². The molecule has 4 heteroatoms. The second-order valence-corrected chi connectivity index (χ2v) is 5.74. The zero-order chi connectivity index (χ0) is 12.6. The first kappa shape index (κ1) is 12.0. The van der Waals surface area contributed by atoms with E-state index in [-0.39, 0.29) is 17.6 Å². The van der Waals surface area contributed by atoms with E-state index in [1.54, 1.807) is 6.20 Å². The van der Waals surface area contributed by atoms with E-state index in [0.29, 0.717) is 0 Å². The number of aromatic nitrogens is 2. The molecule has 0 amide bonds. The van der Waals surface area contributed by atoms with Gasteiger partial charge in [-0.2, -0.15) is 5.10 Å². The van der Waals surface area contributed by atoms with Crippen LogP contribution in [-0.4, -0.2) is 27.1 Å². The second-order valence-electron chi connectivity index (χ2n) is 5.74. The fourth-order valence-corrected chi connectivity index (χ4v) is 3.50. The summed E-state index contributed by atoms with van der Waals surface area (Å²) in [4.78, 5) is 0. The lowest BCUT2D eigenvalue weighted by atomic mass is 9.62. The Hall–Kier alpha value is -1.03. The van der Waals surface area contributed by atoms with Gasteiger partial charge in [0.1, 0.15) is 6.10 Å². The van der Waals surface area contributed by atoms with Crippen LogP contribution in [0.4, 0.5) is 0 Å². The molecular formula is C14H22N2O2. The van der Waals surface area contributed by atoms with E-state index < -0.39 is 0 Å². The molecule has 2 aliphatic rings. The van der Waals surface area contributed by atoms with Gasteiger partial charge in [-0.25, -0.2) is 0 Å². The molecule has 18 heavy (non-hydrogen) atoms. The summed E-state index contributed by atoms with van der Waals surface area (Å²) >= 11 is 0. The Kier molecular flexibility index (Phi) is 3.06. The second kappa shape index (κ2) is 4.57. The molecule has 2 aliphatic carbocycles. The van der Waals surface area contributed by atoms with E-state index in [4.69, 9.17) is 4.74 Å². The molecule has 0 radical (unpaired) electrons. The highest BCUT2D eigenvalue weighted by molar-refractivity contribution is 5.16. The molecule has 1 N–H and O–H groups in total. The van der Waals surface area contributed by atoms with Gasteiger partial charge in [0.15, 0.2) is 5.75 Å². The number of ether oxygens (including phenoxy) is 1. The smallest absolute Gasteiger partial charge is 0.157 e. The Labute approximate surface area is 108 Å². The molecule has 2 saturated carbocycles. The van der Waals surface area contributed by atoms with Crippen molar-refractivity contribution in [2.75, 3.05) is 0 Å². The van der Waals surface area contributed by atoms with Gasteiger partial charge < -0.3 is 9.84 Å². The number of aliphatic hydroxyl groups is 1. The normalized spacial score (nSPS) is 29.4. The summed E-state index contributed by atoms with van der Waals surface area (Å²) in [5.74, 6) is 0.853. The van der Waals surface area contributed by atoms with Gasteiger partial charge in [0.05, 0.1) is 18.5 Å².